The Balaban J connectivity index is 1.63. The van der Waals surface area contributed by atoms with Crippen molar-refractivity contribution in [3.8, 4) is 0 Å². The second-order valence-electron chi connectivity index (χ2n) is 8.27. The van der Waals surface area contributed by atoms with Crippen LogP contribution in [-0.2, 0) is 4.79 Å². The molecule has 1 N–H and O–H groups in total. The monoisotopic (exact) mass is 291 g/mol. The quantitative estimate of drug-likeness (QED) is 0.715. The predicted octanol–water partition coefficient (Wildman–Crippen LogP) is 4.18. The van der Waals surface area contributed by atoms with E-state index in [-0.39, 0.29) is 17.1 Å². The standard InChI is InChI=1S/C18H26FNO/c1-18-7-6-12-11-3-2-10(21)8-14(11)16(19)9-13(12)15(18)4-5-17(18)20/h11-16,20H,2-9H2,1H3/t11-,12-,13-,14+,15+,16-,18+/m1/s1. The second-order valence-corrected chi connectivity index (χ2v) is 8.27. The highest BCUT2D eigenvalue weighted by Gasteiger charge is 2.57. The van der Waals surface area contributed by atoms with Gasteiger partial charge in [-0.3, -0.25) is 4.79 Å². The van der Waals surface area contributed by atoms with Crippen LogP contribution in [0.5, 0.6) is 0 Å². The van der Waals surface area contributed by atoms with Gasteiger partial charge in [-0.25, -0.2) is 4.39 Å². The molecule has 0 aromatic carbocycles. The number of halogens is 1. The van der Waals surface area contributed by atoms with Crippen molar-refractivity contribution in [2.45, 2.75) is 64.5 Å². The minimum absolute atomic E-state index is 0.0118. The Kier molecular flexibility index (Phi) is 3.07. The minimum Gasteiger partial charge on any atom is -0.309 e. The highest BCUT2D eigenvalue weighted by molar-refractivity contribution is 5.89. The molecule has 2 nitrogen and oxygen atoms in total. The molecular formula is C18H26FNO. The number of Topliss-reactive ketones (excluding diaryl/α,β-unsaturated/α-hetero) is 1. The molecule has 0 amide bonds. The van der Waals surface area contributed by atoms with Crippen molar-refractivity contribution < 1.29 is 9.18 Å². The molecule has 0 aliphatic heterocycles. The van der Waals surface area contributed by atoms with Gasteiger partial charge in [-0.05, 0) is 62.2 Å². The Bertz CT molecular complexity index is 490. The van der Waals surface area contributed by atoms with E-state index < -0.39 is 6.17 Å². The summed E-state index contributed by atoms with van der Waals surface area (Å²) in [6.45, 7) is 2.26. The van der Waals surface area contributed by atoms with E-state index in [0.717, 1.165) is 37.8 Å². The highest BCUT2D eigenvalue weighted by Crippen LogP contribution is 2.61. The van der Waals surface area contributed by atoms with E-state index in [1.165, 1.54) is 0 Å². The summed E-state index contributed by atoms with van der Waals surface area (Å²) in [7, 11) is 0. The van der Waals surface area contributed by atoms with Crippen LogP contribution in [0.1, 0.15) is 58.3 Å². The van der Waals surface area contributed by atoms with Gasteiger partial charge in [-0.2, -0.15) is 0 Å². The molecule has 0 aromatic rings. The van der Waals surface area contributed by atoms with Crippen molar-refractivity contribution >= 4 is 11.5 Å². The lowest BCUT2D eigenvalue weighted by Crippen LogP contribution is -2.52. The summed E-state index contributed by atoms with van der Waals surface area (Å²) in [5.41, 5.74) is 0.973. The molecule has 0 saturated heterocycles. The van der Waals surface area contributed by atoms with Gasteiger partial charge in [0.05, 0.1) is 0 Å². The summed E-state index contributed by atoms with van der Waals surface area (Å²) in [6.07, 6.45) is 6.26. The molecule has 0 bridgehead atoms. The van der Waals surface area contributed by atoms with Gasteiger partial charge >= 0.3 is 0 Å². The van der Waals surface area contributed by atoms with Crippen LogP contribution in [0.15, 0.2) is 0 Å². The third-order valence-electron chi connectivity index (χ3n) is 7.56. The van der Waals surface area contributed by atoms with Crippen molar-refractivity contribution in [3.05, 3.63) is 0 Å². The lowest BCUT2D eigenvalue weighted by molar-refractivity contribution is -0.130. The van der Waals surface area contributed by atoms with Crippen molar-refractivity contribution in [2.75, 3.05) is 0 Å². The number of nitrogens with one attached hydrogen (secondary N) is 1. The molecule has 7 atom stereocenters. The zero-order chi connectivity index (χ0) is 14.8. The first kappa shape index (κ1) is 13.9. The summed E-state index contributed by atoms with van der Waals surface area (Å²) >= 11 is 0. The fourth-order valence-corrected chi connectivity index (χ4v) is 6.42. The largest absolute Gasteiger partial charge is 0.309 e. The third-order valence-corrected chi connectivity index (χ3v) is 7.56. The van der Waals surface area contributed by atoms with Crippen LogP contribution in [0.4, 0.5) is 4.39 Å². The second kappa shape index (κ2) is 4.63. The van der Waals surface area contributed by atoms with Crippen LogP contribution in [0.2, 0.25) is 0 Å². The molecule has 21 heavy (non-hydrogen) atoms. The Morgan fingerprint density at radius 3 is 2.67 bits per heavy atom. The van der Waals surface area contributed by atoms with Crippen LogP contribution >= 0.6 is 0 Å². The molecule has 0 unspecified atom stereocenters. The fourth-order valence-electron chi connectivity index (χ4n) is 6.42. The molecule has 116 valence electrons. The molecule has 3 heteroatoms. The molecular weight excluding hydrogens is 265 g/mol. The predicted molar refractivity (Wildman–Crippen MR) is 80.1 cm³/mol. The van der Waals surface area contributed by atoms with E-state index in [1.54, 1.807) is 0 Å². The number of hydrogen-bond acceptors (Lipinski definition) is 2. The lowest BCUT2D eigenvalue weighted by Gasteiger charge is -2.55. The topological polar surface area (TPSA) is 40.9 Å². The van der Waals surface area contributed by atoms with Gasteiger partial charge in [-0.15, -0.1) is 0 Å². The molecule has 4 aliphatic carbocycles. The van der Waals surface area contributed by atoms with Gasteiger partial charge in [0.25, 0.3) is 0 Å². The minimum atomic E-state index is -0.780. The number of fused-ring (bicyclic) bond motifs is 5. The Morgan fingerprint density at radius 1 is 1.10 bits per heavy atom. The maximum Gasteiger partial charge on any atom is 0.133 e. The van der Waals surface area contributed by atoms with Gasteiger partial charge in [0, 0.05) is 29.9 Å². The molecule has 0 heterocycles. The highest BCUT2D eigenvalue weighted by atomic mass is 19.1. The maximum absolute atomic E-state index is 14.7. The van der Waals surface area contributed by atoms with E-state index >= 15 is 0 Å². The molecule has 0 radical (unpaired) electrons. The van der Waals surface area contributed by atoms with E-state index in [0.29, 0.717) is 42.9 Å². The van der Waals surface area contributed by atoms with Crippen molar-refractivity contribution in [1.82, 2.24) is 0 Å². The van der Waals surface area contributed by atoms with Gasteiger partial charge in [0.2, 0.25) is 0 Å². The molecule has 0 aromatic heterocycles. The van der Waals surface area contributed by atoms with Crippen LogP contribution in [0.25, 0.3) is 0 Å². The molecule has 0 spiro atoms. The summed E-state index contributed by atoms with van der Waals surface area (Å²) in [5, 5.41) is 8.30. The van der Waals surface area contributed by atoms with Gasteiger partial charge in [-0.1, -0.05) is 6.92 Å². The van der Waals surface area contributed by atoms with Crippen molar-refractivity contribution in [2.24, 2.45) is 35.0 Å². The zero-order valence-electron chi connectivity index (χ0n) is 12.9. The zero-order valence-corrected chi connectivity index (χ0v) is 12.9. The number of alkyl halides is 1. The molecule has 4 aliphatic rings. The summed E-state index contributed by atoms with van der Waals surface area (Å²) < 4.78 is 14.7. The van der Waals surface area contributed by atoms with Crippen LogP contribution < -0.4 is 0 Å². The molecule has 4 fully saturated rings. The fraction of sp³-hybridized carbons (Fsp3) is 0.889. The number of ketones is 1. The summed E-state index contributed by atoms with van der Waals surface area (Å²) in [6, 6.07) is 0. The van der Waals surface area contributed by atoms with Crippen molar-refractivity contribution in [1.29, 1.82) is 5.41 Å². The van der Waals surface area contributed by atoms with E-state index in [4.69, 9.17) is 5.41 Å². The smallest absolute Gasteiger partial charge is 0.133 e. The molecule has 4 rings (SSSR count). The average Bonchev–Trinajstić information content (AvgIpc) is 2.76. The summed E-state index contributed by atoms with van der Waals surface area (Å²) in [4.78, 5) is 11.7. The first-order valence-corrected chi connectivity index (χ1v) is 8.74. The average molecular weight is 291 g/mol. The number of hydrogen-bond donors (Lipinski definition) is 1. The van der Waals surface area contributed by atoms with E-state index in [2.05, 4.69) is 6.92 Å². The van der Waals surface area contributed by atoms with Crippen LogP contribution in [0.3, 0.4) is 0 Å². The number of rotatable bonds is 0. The van der Waals surface area contributed by atoms with Gasteiger partial charge in [0.15, 0.2) is 0 Å². The van der Waals surface area contributed by atoms with Gasteiger partial charge < -0.3 is 5.41 Å². The first-order chi connectivity index (χ1) is 10.0. The number of carbonyl (C=O) groups excluding carboxylic acids is 1. The first-order valence-electron chi connectivity index (χ1n) is 8.74. The Morgan fingerprint density at radius 2 is 1.86 bits per heavy atom. The maximum atomic E-state index is 14.7. The van der Waals surface area contributed by atoms with E-state index in [9.17, 15) is 9.18 Å². The lowest BCUT2D eigenvalue weighted by atomic mass is 9.50. The normalized spacial score (nSPS) is 53.0. The van der Waals surface area contributed by atoms with Crippen LogP contribution in [-0.4, -0.2) is 17.7 Å². The third kappa shape index (κ3) is 1.88. The van der Waals surface area contributed by atoms with Crippen molar-refractivity contribution in [3.63, 3.8) is 0 Å². The van der Waals surface area contributed by atoms with Gasteiger partial charge in [0.1, 0.15) is 12.0 Å². The Hall–Kier alpha value is -0.730. The van der Waals surface area contributed by atoms with Crippen LogP contribution in [0, 0.1) is 40.4 Å². The van der Waals surface area contributed by atoms with E-state index in [1.807, 2.05) is 0 Å². The Labute approximate surface area is 126 Å². The molecule has 4 saturated carbocycles. The summed E-state index contributed by atoms with van der Waals surface area (Å²) in [5.74, 6) is 2.35. The number of carbonyl (C=O) groups is 1. The SMILES string of the molecule is C[C@]12CC[C@@H]3[C@H]4CCC(=O)C[C@@H]4[C@H](F)C[C@H]3[C@@H]1CCC2=N.